The van der Waals surface area contributed by atoms with Crippen LogP contribution in [0.4, 0.5) is 4.79 Å². The summed E-state index contributed by atoms with van der Waals surface area (Å²) < 4.78 is 0. The second-order valence-corrected chi connectivity index (χ2v) is 3.82. The third kappa shape index (κ3) is 3.47. The third-order valence-corrected chi connectivity index (χ3v) is 2.54. The zero-order valence-electron chi connectivity index (χ0n) is 9.86. The van der Waals surface area contributed by atoms with Crippen LogP contribution in [-0.2, 0) is 11.3 Å². The highest BCUT2D eigenvalue weighted by molar-refractivity contribution is 5.73. The van der Waals surface area contributed by atoms with Crippen LogP contribution in [0.15, 0.2) is 0 Å². The highest BCUT2D eigenvalue weighted by Gasteiger charge is 2.16. The zero-order chi connectivity index (χ0) is 13.0. The minimum Gasteiger partial charge on any atom is -0.481 e. The van der Waals surface area contributed by atoms with Crippen molar-refractivity contribution >= 4 is 12.0 Å². The first-order valence-corrected chi connectivity index (χ1v) is 5.18. The molecule has 1 heterocycles. The van der Waals surface area contributed by atoms with Crippen molar-refractivity contribution in [2.24, 2.45) is 5.73 Å². The number of carboxylic acids is 1. The SMILES string of the molecule is Cc1n[nH]c(C)c1CN(CCC(=O)O)C(N)=O. The van der Waals surface area contributed by atoms with Crippen LogP contribution in [0, 0.1) is 13.8 Å². The summed E-state index contributed by atoms with van der Waals surface area (Å²) in [5.74, 6) is -0.961. The summed E-state index contributed by atoms with van der Waals surface area (Å²) in [6.07, 6.45) is -0.126. The Kier molecular flexibility index (Phi) is 4.08. The van der Waals surface area contributed by atoms with Crippen LogP contribution in [0.3, 0.4) is 0 Å². The Morgan fingerprint density at radius 2 is 2.12 bits per heavy atom. The summed E-state index contributed by atoms with van der Waals surface area (Å²) in [5.41, 5.74) is 7.71. The normalized spacial score (nSPS) is 10.2. The van der Waals surface area contributed by atoms with Crippen molar-refractivity contribution in [3.8, 4) is 0 Å². The van der Waals surface area contributed by atoms with Crippen LogP contribution < -0.4 is 5.73 Å². The Balaban J connectivity index is 2.73. The number of aliphatic carboxylic acids is 1. The van der Waals surface area contributed by atoms with E-state index in [0.29, 0.717) is 0 Å². The number of hydrogen-bond acceptors (Lipinski definition) is 3. The lowest BCUT2D eigenvalue weighted by molar-refractivity contribution is -0.137. The number of carbonyl (C=O) groups excluding carboxylic acids is 1. The van der Waals surface area contributed by atoms with Crippen molar-refractivity contribution in [1.29, 1.82) is 0 Å². The van der Waals surface area contributed by atoms with Gasteiger partial charge in [0.1, 0.15) is 0 Å². The molecule has 4 N–H and O–H groups in total. The number of H-pyrrole nitrogens is 1. The van der Waals surface area contributed by atoms with E-state index < -0.39 is 12.0 Å². The van der Waals surface area contributed by atoms with Gasteiger partial charge in [0.15, 0.2) is 0 Å². The van der Waals surface area contributed by atoms with Crippen LogP contribution in [0.5, 0.6) is 0 Å². The van der Waals surface area contributed by atoms with Gasteiger partial charge in [0.05, 0.1) is 18.7 Å². The average Bonchev–Trinajstić information content (AvgIpc) is 2.53. The second-order valence-electron chi connectivity index (χ2n) is 3.82. The van der Waals surface area contributed by atoms with Gasteiger partial charge in [-0.25, -0.2) is 4.79 Å². The van der Waals surface area contributed by atoms with Gasteiger partial charge in [-0.2, -0.15) is 5.10 Å². The van der Waals surface area contributed by atoms with Gasteiger partial charge >= 0.3 is 12.0 Å². The van der Waals surface area contributed by atoms with Crippen molar-refractivity contribution < 1.29 is 14.7 Å². The Morgan fingerprint density at radius 3 is 2.53 bits per heavy atom. The van der Waals surface area contributed by atoms with E-state index in [1.54, 1.807) is 0 Å². The Labute approximate surface area is 98.6 Å². The van der Waals surface area contributed by atoms with Crippen LogP contribution in [0.25, 0.3) is 0 Å². The molecule has 0 aliphatic carbocycles. The van der Waals surface area contributed by atoms with Crippen molar-refractivity contribution in [1.82, 2.24) is 15.1 Å². The smallest absolute Gasteiger partial charge is 0.315 e. The number of primary amides is 1. The standard InChI is InChI=1S/C10H16N4O3/c1-6-8(7(2)13-12-6)5-14(10(11)17)4-3-9(15)16/h3-5H2,1-2H3,(H2,11,17)(H,12,13)(H,15,16). The molecule has 0 saturated carbocycles. The Bertz CT molecular complexity index is 408. The van der Waals surface area contributed by atoms with Crippen molar-refractivity contribution in [3.05, 3.63) is 17.0 Å². The molecule has 1 aromatic heterocycles. The predicted octanol–water partition coefficient (Wildman–Crippen LogP) is 0.382. The molecule has 0 saturated heterocycles. The van der Waals surface area contributed by atoms with Gasteiger partial charge in [-0.1, -0.05) is 0 Å². The number of carboxylic acid groups (broad SMARTS) is 1. The van der Waals surface area contributed by atoms with E-state index in [-0.39, 0.29) is 19.5 Å². The quantitative estimate of drug-likeness (QED) is 0.690. The first kappa shape index (κ1) is 13.0. The first-order chi connectivity index (χ1) is 7.91. The Hall–Kier alpha value is -2.05. The van der Waals surface area contributed by atoms with Gasteiger partial charge < -0.3 is 15.7 Å². The summed E-state index contributed by atoms with van der Waals surface area (Å²) >= 11 is 0. The molecule has 0 aliphatic rings. The summed E-state index contributed by atoms with van der Waals surface area (Å²) in [6.45, 7) is 4.02. The van der Waals surface area contributed by atoms with Gasteiger partial charge in [0.2, 0.25) is 0 Å². The molecule has 0 unspecified atom stereocenters. The van der Waals surface area contributed by atoms with Crippen molar-refractivity contribution in [2.45, 2.75) is 26.8 Å². The molecule has 0 aromatic carbocycles. The van der Waals surface area contributed by atoms with Gasteiger partial charge in [-0.05, 0) is 13.8 Å². The van der Waals surface area contributed by atoms with E-state index in [4.69, 9.17) is 10.8 Å². The predicted molar refractivity (Wildman–Crippen MR) is 60.3 cm³/mol. The molecule has 94 valence electrons. The summed E-state index contributed by atoms with van der Waals surface area (Å²) in [6, 6.07) is -0.633. The molecule has 0 aliphatic heterocycles. The number of nitrogens with zero attached hydrogens (tertiary/aromatic N) is 2. The van der Waals surface area contributed by atoms with E-state index >= 15 is 0 Å². The molecule has 1 aromatic rings. The van der Waals surface area contributed by atoms with E-state index in [0.717, 1.165) is 17.0 Å². The van der Waals surface area contributed by atoms with Gasteiger partial charge in [-0.15, -0.1) is 0 Å². The molecule has 1 rings (SSSR count). The molecule has 17 heavy (non-hydrogen) atoms. The molecule has 0 radical (unpaired) electrons. The summed E-state index contributed by atoms with van der Waals surface area (Å²) in [4.78, 5) is 22.9. The molecular weight excluding hydrogens is 224 g/mol. The molecule has 7 nitrogen and oxygen atoms in total. The van der Waals surface area contributed by atoms with Gasteiger partial charge in [0, 0.05) is 17.8 Å². The maximum absolute atomic E-state index is 11.2. The fourth-order valence-electron chi connectivity index (χ4n) is 1.50. The molecule has 0 fully saturated rings. The maximum Gasteiger partial charge on any atom is 0.315 e. The van der Waals surface area contributed by atoms with Gasteiger partial charge in [0.25, 0.3) is 0 Å². The largest absolute Gasteiger partial charge is 0.481 e. The number of aromatic amines is 1. The van der Waals surface area contributed by atoms with E-state index in [9.17, 15) is 9.59 Å². The molecule has 0 atom stereocenters. The molecule has 2 amide bonds. The highest BCUT2D eigenvalue weighted by Crippen LogP contribution is 2.12. The fourth-order valence-corrected chi connectivity index (χ4v) is 1.50. The third-order valence-electron chi connectivity index (χ3n) is 2.54. The number of rotatable bonds is 5. The average molecular weight is 240 g/mol. The molecular formula is C10H16N4O3. The zero-order valence-corrected chi connectivity index (χ0v) is 9.86. The molecule has 0 spiro atoms. The van der Waals surface area contributed by atoms with Gasteiger partial charge in [-0.3, -0.25) is 9.89 Å². The number of carbonyl (C=O) groups is 2. The second kappa shape index (κ2) is 5.33. The van der Waals surface area contributed by atoms with Crippen molar-refractivity contribution in [2.75, 3.05) is 6.54 Å². The summed E-state index contributed by atoms with van der Waals surface area (Å²) in [7, 11) is 0. The highest BCUT2D eigenvalue weighted by atomic mass is 16.4. The number of aryl methyl sites for hydroxylation is 2. The summed E-state index contributed by atoms with van der Waals surface area (Å²) in [5, 5.41) is 15.4. The fraction of sp³-hybridized carbons (Fsp3) is 0.500. The molecule has 7 heteroatoms. The Morgan fingerprint density at radius 1 is 1.47 bits per heavy atom. The van der Waals surface area contributed by atoms with Crippen LogP contribution >= 0.6 is 0 Å². The van der Waals surface area contributed by atoms with E-state index in [2.05, 4.69) is 10.2 Å². The minimum atomic E-state index is -0.961. The number of nitrogens with two attached hydrogens (primary N) is 1. The van der Waals surface area contributed by atoms with Crippen LogP contribution in [0.2, 0.25) is 0 Å². The van der Waals surface area contributed by atoms with Crippen LogP contribution in [0.1, 0.15) is 23.4 Å². The number of aromatic nitrogens is 2. The number of urea groups is 1. The topological polar surface area (TPSA) is 112 Å². The lowest BCUT2D eigenvalue weighted by Gasteiger charge is -2.19. The van der Waals surface area contributed by atoms with E-state index in [1.165, 1.54) is 4.90 Å². The molecule has 0 bridgehead atoms. The number of amides is 2. The number of nitrogens with one attached hydrogen (secondary N) is 1. The van der Waals surface area contributed by atoms with Crippen LogP contribution in [-0.4, -0.2) is 38.7 Å². The lowest BCUT2D eigenvalue weighted by atomic mass is 10.2. The maximum atomic E-state index is 11.2. The first-order valence-electron chi connectivity index (χ1n) is 5.18. The monoisotopic (exact) mass is 240 g/mol. The van der Waals surface area contributed by atoms with E-state index in [1.807, 2.05) is 13.8 Å². The minimum absolute atomic E-state index is 0.0920. The number of hydrogen-bond donors (Lipinski definition) is 3. The lowest BCUT2D eigenvalue weighted by Crippen LogP contribution is -2.37. The van der Waals surface area contributed by atoms with Crippen molar-refractivity contribution in [3.63, 3.8) is 0 Å².